The summed E-state index contributed by atoms with van der Waals surface area (Å²) in [6, 6.07) is 14.1. The van der Waals surface area contributed by atoms with Crippen LogP contribution >= 0.6 is 0 Å². The van der Waals surface area contributed by atoms with Crippen molar-refractivity contribution in [2.75, 3.05) is 6.61 Å². The van der Waals surface area contributed by atoms with Gasteiger partial charge in [0.2, 0.25) is 0 Å². The molecule has 1 atom stereocenters. The number of benzene rings is 2. The van der Waals surface area contributed by atoms with Crippen molar-refractivity contribution >= 4 is 22.9 Å². The Labute approximate surface area is 168 Å². The molecule has 150 valence electrons. The molecule has 0 spiro atoms. The number of nitrogens with zero attached hydrogens (tertiary/aromatic N) is 2. The normalized spacial score (nSPS) is 11.8. The van der Waals surface area contributed by atoms with Crippen molar-refractivity contribution in [2.24, 2.45) is 0 Å². The molecule has 29 heavy (non-hydrogen) atoms. The number of aromatic nitrogens is 2. The molecule has 0 fully saturated rings. The molecule has 3 rings (SSSR count). The van der Waals surface area contributed by atoms with E-state index in [-0.39, 0.29) is 29.7 Å². The van der Waals surface area contributed by atoms with E-state index in [4.69, 9.17) is 4.74 Å². The summed E-state index contributed by atoms with van der Waals surface area (Å²) in [4.78, 5) is 40.9. The first-order valence-electron chi connectivity index (χ1n) is 9.43. The molecule has 1 amide bonds. The van der Waals surface area contributed by atoms with Crippen LogP contribution in [-0.2, 0) is 16.1 Å². The molecule has 2 aromatic carbocycles. The van der Waals surface area contributed by atoms with Crippen LogP contribution in [0.3, 0.4) is 0 Å². The first-order chi connectivity index (χ1) is 13.9. The number of nitrogens with one attached hydrogen (secondary N) is 1. The fourth-order valence-electron chi connectivity index (χ4n) is 3.14. The molecule has 7 nitrogen and oxygen atoms in total. The molecular formula is C22H23N3O4. The van der Waals surface area contributed by atoms with Crippen LogP contribution in [-0.4, -0.2) is 28.0 Å². The Morgan fingerprint density at radius 3 is 2.59 bits per heavy atom. The number of rotatable bonds is 6. The van der Waals surface area contributed by atoms with Crippen molar-refractivity contribution in [2.45, 2.75) is 33.4 Å². The molecule has 7 heteroatoms. The second kappa shape index (κ2) is 8.68. The maximum atomic E-state index is 12.4. The molecule has 1 heterocycles. The SMILES string of the molecule is CCn1c(=O)c(C)nc2cc(C(=O)OCC(=O)N[C@H](C)c3ccccc3)ccc21. The lowest BCUT2D eigenvalue weighted by atomic mass is 10.1. The number of carbonyl (C=O) groups excluding carboxylic acids is 2. The Balaban J connectivity index is 1.67. The van der Waals surface area contributed by atoms with E-state index >= 15 is 0 Å². The van der Waals surface area contributed by atoms with Gasteiger partial charge >= 0.3 is 5.97 Å². The van der Waals surface area contributed by atoms with E-state index in [0.717, 1.165) is 5.56 Å². The van der Waals surface area contributed by atoms with Crippen molar-refractivity contribution < 1.29 is 14.3 Å². The van der Waals surface area contributed by atoms with Gasteiger partial charge in [0.05, 0.1) is 22.6 Å². The predicted octanol–water partition coefficient (Wildman–Crippen LogP) is 2.76. The molecule has 0 saturated heterocycles. The summed E-state index contributed by atoms with van der Waals surface area (Å²) in [6.07, 6.45) is 0. The van der Waals surface area contributed by atoms with Gasteiger partial charge in [-0.25, -0.2) is 9.78 Å². The lowest BCUT2D eigenvalue weighted by molar-refractivity contribution is -0.124. The molecule has 3 aromatic rings. The summed E-state index contributed by atoms with van der Waals surface area (Å²) < 4.78 is 6.74. The van der Waals surface area contributed by atoms with E-state index in [0.29, 0.717) is 23.3 Å². The van der Waals surface area contributed by atoms with Gasteiger partial charge in [0.15, 0.2) is 6.61 Å². The van der Waals surface area contributed by atoms with Crippen LogP contribution in [0.5, 0.6) is 0 Å². The number of aryl methyl sites for hydroxylation is 2. The largest absolute Gasteiger partial charge is 0.452 e. The van der Waals surface area contributed by atoms with Crippen LogP contribution in [0.4, 0.5) is 0 Å². The number of fused-ring (bicyclic) bond motifs is 1. The van der Waals surface area contributed by atoms with Gasteiger partial charge in [-0.15, -0.1) is 0 Å². The van der Waals surface area contributed by atoms with Crippen molar-refractivity contribution in [1.29, 1.82) is 0 Å². The molecule has 0 bridgehead atoms. The van der Waals surface area contributed by atoms with Crippen molar-refractivity contribution in [3.05, 3.63) is 75.7 Å². The Hall–Kier alpha value is -3.48. The fourth-order valence-corrected chi connectivity index (χ4v) is 3.14. The van der Waals surface area contributed by atoms with Crippen LogP contribution in [0.25, 0.3) is 11.0 Å². The van der Waals surface area contributed by atoms with E-state index < -0.39 is 5.97 Å². The molecule has 0 unspecified atom stereocenters. The van der Waals surface area contributed by atoms with Gasteiger partial charge in [0, 0.05) is 6.54 Å². The Morgan fingerprint density at radius 1 is 1.17 bits per heavy atom. The third-order valence-corrected chi connectivity index (χ3v) is 4.67. The van der Waals surface area contributed by atoms with E-state index in [2.05, 4.69) is 10.3 Å². The van der Waals surface area contributed by atoms with E-state index in [9.17, 15) is 14.4 Å². The van der Waals surface area contributed by atoms with E-state index in [1.54, 1.807) is 29.7 Å². The average molecular weight is 393 g/mol. The number of esters is 1. The van der Waals surface area contributed by atoms with Crippen LogP contribution in [0.2, 0.25) is 0 Å². The van der Waals surface area contributed by atoms with E-state index in [1.807, 2.05) is 44.2 Å². The van der Waals surface area contributed by atoms with Crippen molar-refractivity contribution in [3.63, 3.8) is 0 Å². The first kappa shape index (κ1) is 20.3. The smallest absolute Gasteiger partial charge is 0.338 e. The minimum absolute atomic E-state index is 0.153. The summed E-state index contributed by atoms with van der Waals surface area (Å²) in [5.74, 6) is -1.01. The molecule has 0 aliphatic heterocycles. The number of amides is 1. The van der Waals surface area contributed by atoms with Crippen molar-refractivity contribution in [3.8, 4) is 0 Å². The number of carbonyl (C=O) groups is 2. The third kappa shape index (κ3) is 4.51. The molecule has 1 N–H and O–H groups in total. The second-order valence-electron chi connectivity index (χ2n) is 6.73. The lowest BCUT2D eigenvalue weighted by Crippen LogP contribution is -2.31. The lowest BCUT2D eigenvalue weighted by Gasteiger charge is -2.14. The second-order valence-corrected chi connectivity index (χ2v) is 6.73. The maximum Gasteiger partial charge on any atom is 0.338 e. The molecule has 0 radical (unpaired) electrons. The van der Waals surface area contributed by atoms with Crippen molar-refractivity contribution in [1.82, 2.24) is 14.9 Å². The third-order valence-electron chi connectivity index (χ3n) is 4.67. The van der Waals surface area contributed by atoms with Gasteiger partial charge in [-0.3, -0.25) is 9.59 Å². The zero-order valence-electron chi connectivity index (χ0n) is 16.6. The highest BCUT2D eigenvalue weighted by atomic mass is 16.5. The van der Waals surface area contributed by atoms with Gasteiger partial charge < -0.3 is 14.6 Å². The summed E-state index contributed by atoms with van der Waals surface area (Å²) in [5, 5.41) is 2.79. The van der Waals surface area contributed by atoms with Gasteiger partial charge in [-0.05, 0) is 44.5 Å². The number of hydrogen-bond acceptors (Lipinski definition) is 5. The van der Waals surface area contributed by atoms with Gasteiger partial charge in [-0.2, -0.15) is 0 Å². The highest BCUT2D eigenvalue weighted by Crippen LogP contribution is 2.15. The molecule has 0 saturated carbocycles. The predicted molar refractivity (Wildman–Crippen MR) is 110 cm³/mol. The minimum Gasteiger partial charge on any atom is -0.452 e. The average Bonchev–Trinajstić information content (AvgIpc) is 2.73. The van der Waals surface area contributed by atoms with Gasteiger partial charge in [0.25, 0.3) is 11.5 Å². The maximum absolute atomic E-state index is 12.4. The molecule has 0 aliphatic rings. The minimum atomic E-state index is -0.622. The fraction of sp³-hybridized carbons (Fsp3) is 0.273. The van der Waals surface area contributed by atoms with E-state index in [1.165, 1.54) is 0 Å². The summed E-state index contributed by atoms with van der Waals surface area (Å²) in [5.41, 5.74) is 2.62. The first-order valence-corrected chi connectivity index (χ1v) is 9.43. The van der Waals surface area contributed by atoms with Crippen LogP contribution in [0.15, 0.2) is 53.3 Å². The molecular weight excluding hydrogens is 370 g/mol. The molecule has 0 aliphatic carbocycles. The van der Waals surface area contributed by atoms with Crippen LogP contribution in [0.1, 0.15) is 41.5 Å². The highest BCUT2D eigenvalue weighted by molar-refractivity contribution is 5.94. The van der Waals surface area contributed by atoms with Gasteiger partial charge in [-0.1, -0.05) is 30.3 Å². The summed E-state index contributed by atoms with van der Waals surface area (Å²) in [7, 11) is 0. The quantitative estimate of drug-likeness (QED) is 0.651. The zero-order chi connectivity index (χ0) is 21.0. The number of hydrogen-bond donors (Lipinski definition) is 1. The standard InChI is InChI=1S/C22H23N3O4/c1-4-25-19-11-10-17(12-18(19)23-15(3)21(25)27)22(28)29-13-20(26)24-14(2)16-8-6-5-7-9-16/h5-12,14H,4,13H2,1-3H3,(H,24,26)/t14-/m1/s1. The summed E-state index contributed by atoms with van der Waals surface area (Å²) in [6.45, 7) is 5.49. The molecule has 1 aromatic heterocycles. The Morgan fingerprint density at radius 2 is 1.90 bits per heavy atom. The number of ether oxygens (including phenoxy) is 1. The Kier molecular flexibility index (Phi) is 6.07. The zero-order valence-corrected chi connectivity index (χ0v) is 16.6. The topological polar surface area (TPSA) is 90.3 Å². The summed E-state index contributed by atoms with van der Waals surface area (Å²) >= 11 is 0. The monoisotopic (exact) mass is 393 g/mol. The van der Waals surface area contributed by atoms with Gasteiger partial charge in [0.1, 0.15) is 5.69 Å². The Bertz CT molecular complexity index is 1110. The van der Waals surface area contributed by atoms with Crippen LogP contribution < -0.4 is 10.9 Å². The highest BCUT2D eigenvalue weighted by Gasteiger charge is 2.15. The van der Waals surface area contributed by atoms with Crippen LogP contribution in [0, 0.1) is 6.92 Å².